The molecule has 1 saturated heterocycles. The van der Waals surface area contributed by atoms with E-state index in [1.54, 1.807) is 0 Å². The lowest BCUT2D eigenvalue weighted by molar-refractivity contribution is -0.124. The first-order chi connectivity index (χ1) is 9.66. The second-order valence-electron chi connectivity index (χ2n) is 5.42. The lowest BCUT2D eigenvalue weighted by Gasteiger charge is -2.18. The fourth-order valence-corrected chi connectivity index (χ4v) is 2.71. The molecule has 3 atom stereocenters. The summed E-state index contributed by atoms with van der Waals surface area (Å²) in [7, 11) is 0. The Hall–Kier alpha value is -1.95. The van der Waals surface area contributed by atoms with Crippen LogP contribution in [-0.4, -0.2) is 33.1 Å². The first-order valence-corrected chi connectivity index (χ1v) is 7.00. The number of aromatic nitrogens is 3. The summed E-state index contributed by atoms with van der Waals surface area (Å²) in [6, 6.07) is 5.47. The standard InChI is InChI=1S/C14H19N5O/c1-9-6-7-15-12(9)14(20)16-10(2)13-18-17-11-5-3-4-8-19(11)13/h3-5,8-10,12,15H,6-7H2,1-2H3,(H,16,20). The van der Waals surface area contributed by atoms with Crippen LogP contribution in [-0.2, 0) is 4.79 Å². The molecule has 0 saturated carbocycles. The molecule has 2 aromatic rings. The molecular formula is C14H19N5O. The van der Waals surface area contributed by atoms with E-state index in [-0.39, 0.29) is 18.0 Å². The fraction of sp³-hybridized carbons (Fsp3) is 0.500. The Bertz CT molecular complexity index is 623. The molecule has 2 N–H and O–H groups in total. The van der Waals surface area contributed by atoms with Gasteiger partial charge in [0.15, 0.2) is 11.5 Å². The fourth-order valence-electron chi connectivity index (χ4n) is 2.71. The number of nitrogens with one attached hydrogen (secondary N) is 2. The van der Waals surface area contributed by atoms with Crippen molar-refractivity contribution in [2.45, 2.75) is 32.4 Å². The molecule has 3 unspecified atom stereocenters. The highest BCUT2D eigenvalue weighted by atomic mass is 16.2. The van der Waals surface area contributed by atoms with E-state index >= 15 is 0 Å². The van der Waals surface area contributed by atoms with Gasteiger partial charge in [0.2, 0.25) is 5.91 Å². The molecule has 20 heavy (non-hydrogen) atoms. The third kappa shape index (κ3) is 2.27. The number of rotatable bonds is 3. The predicted molar refractivity (Wildman–Crippen MR) is 75.1 cm³/mol. The van der Waals surface area contributed by atoms with Gasteiger partial charge in [-0.25, -0.2) is 0 Å². The van der Waals surface area contributed by atoms with Crippen LogP contribution in [0.3, 0.4) is 0 Å². The van der Waals surface area contributed by atoms with Crippen molar-refractivity contribution in [3.8, 4) is 0 Å². The highest BCUT2D eigenvalue weighted by molar-refractivity contribution is 5.82. The Balaban J connectivity index is 1.76. The van der Waals surface area contributed by atoms with Crippen molar-refractivity contribution in [2.24, 2.45) is 5.92 Å². The molecule has 0 radical (unpaired) electrons. The minimum Gasteiger partial charge on any atom is -0.345 e. The van der Waals surface area contributed by atoms with Crippen LogP contribution in [0.2, 0.25) is 0 Å². The summed E-state index contributed by atoms with van der Waals surface area (Å²) in [6.45, 7) is 4.93. The minimum absolute atomic E-state index is 0.0372. The van der Waals surface area contributed by atoms with Crippen molar-refractivity contribution >= 4 is 11.6 Å². The number of hydrogen-bond donors (Lipinski definition) is 2. The van der Waals surface area contributed by atoms with Gasteiger partial charge in [0.05, 0.1) is 12.1 Å². The van der Waals surface area contributed by atoms with Crippen molar-refractivity contribution in [3.63, 3.8) is 0 Å². The minimum atomic E-state index is -0.172. The summed E-state index contributed by atoms with van der Waals surface area (Å²) in [5.74, 6) is 1.16. The van der Waals surface area contributed by atoms with Crippen LogP contribution in [0.4, 0.5) is 0 Å². The first kappa shape index (κ1) is 13.1. The zero-order chi connectivity index (χ0) is 14.1. The zero-order valence-electron chi connectivity index (χ0n) is 11.7. The Morgan fingerprint density at radius 3 is 3.10 bits per heavy atom. The van der Waals surface area contributed by atoms with Gasteiger partial charge in [-0.3, -0.25) is 9.20 Å². The second kappa shape index (κ2) is 5.20. The van der Waals surface area contributed by atoms with E-state index in [0.29, 0.717) is 5.92 Å². The lowest BCUT2D eigenvalue weighted by atomic mass is 10.0. The Morgan fingerprint density at radius 2 is 2.35 bits per heavy atom. The molecule has 3 heterocycles. The van der Waals surface area contributed by atoms with Gasteiger partial charge >= 0.3 is 0 Å². The van der Waals surface area contributed by atoms with Gasteiger partial charge < -0.3 is 10.6 Å². The van der Waals surface area contributed by atoms with Crippen molar-refractivity contribution in [1.82, 2.24) is 25.2 Å². The Labute approximate surface area is 117 Å². The van der Waals surface area contributed by atoms with Crippen LogP contribution in [0.1, 0.15) is 32.1 Å². The van der Waals surface area contributed by atoms with E-state index in [1.165, 1.54) is 0 Å². The SMILES string of the molecule is CC(NC(=O)C1NCCC1C)c1nnc2ccccn12. The van der Waals surface area contributed by atoms with Gasteiger partial charge in [-0.15, -0.1) is 10.2 Å². The summed E-state index contributed by atoms with van der Waals surface area (Å²) in [6.07, 6.45) is 2.95. The highest BCUT2D eigenvalue weighted by Crippen LogP contribution is 2.17. The number of fused-ring (bicyclic) bond motifs is 1. The number of carbonyl (C=O) groups excluding carboxylic acids is 1. The van der Waals surface area contributed by atoms with E-state index in [4.69, 9.17) is 0 Å². The number of amides is 1. The third-order valence-electron chi connectivity index (χ3n) is 3.90. The molecule has 1 aliphatic heterocycles. The number of carbonyl (C=O) groups is 1. The largest absolute Gasteiger partial charge is 0.345 e. The van der Waals surface area contributed by atoms with Crippen LogP contribution in [0.15, 0.2) is 24.4 Å². The van der Waals surface area contributed by atoms with Gasteiger partial charge in [-0.2, -0.15) is 0 Å². The quantitative estimate of drug-likeness (QED) is 0.872. The van der Waals surface area contributed by atoms with E-state index in [9.17, 15) is 4.79 Å². The van der Waals surface area contributed by atoms with Crippen LogP contribution in [0.5, 0.6) is 0 Å². The number of nitrogens with zero attached hydrogens (tertiary/aromatic N) is 3. The number of hydrogen-bond acceptors (Lipinski definition) is 4. The van der Waals surface area contributed by atoms with E-state index in [0.717, 1.165) is 24.4 Å². The summed E-state index contributed by atoms with van der Waals surface area (Å²) < 4.78 is 1.90. The average molecular weight is 273 g/mol. The molecule has 0 spiro atoms. The van der Waals surface area contributed by atoms with Crippen molar-refractivity contribution in [1.29, 1.82) is 0 Å². The van der Waals surface area contributed by atoms with Crippen molar-refractivity contribution in [3.05, 3.63) is 30.2 Å². The molecule has 6 heteroatoms. The van der Waals surface area contributed by atoms with Crippen LogP contribution >= 0.6 is 0 Å². The lowest BCUT2D eigenvalue weighted by Crippen LogP contribution is -2.44. The van der Waals surface area contributed by atoms with Crippen LogP contribution in [0, 0.1) is 5.92 Å². The monoisotopic (exact) mass is 273 g/mol. The summed E-state index contributed by atoms with van der Waals surface area (Å²) >= 11 is 0. The van der Waals surface area contributed by atoms with Gasteiger partial charge in [-0.1, -0.05) is 13.0 Å². The van der Waals surface area contributed by atoms with E-state index in [2.05, 4.69) is 27.8 Å². The molecule has 6 nitrogen and oxygen atoms in total. The summed E-state index contributed by atoms with van der Waals surface area (Å²) in [5, 5.41) is 14.5. The molecule has 0 bridgehead atoms. The number of pyridine rings is 1. The molecule has 2 aromatic heterocycles. The predicted octanol–water partition coefficient (Wildman–Crippen LogP) is 0.904. The molecule has 0 aliphatic carbocycles. The molecule has 106 valence electrons. The summed E-state index contributed by atoms with van der Waals surface area (Å²) in [5.41, 5.74) is 0.788. The second-order valence-corrected chi connectivity index (χ2v) is 5.42. The molecule has 0 aromatic carbocycles. The maximum Gasteiger partial charge on any atom is 0.237 e. The van der Waals surface area contributed by atoms with Crippen LogP contribution in [0.25, 0.3) is 5.65 Å². The molecule has 3 rings (SSSR count). The van der Waals surface area contributed by atoms with Crippen molar-refractivity contribution in [2.75, 3.05) is 6.54 Å². The average Bonchev–Trinajstić information content (AvgIpc) is 3.04. The van der Waals surface area contributed by atoms with Crippen LogP contribution < -0.4 is 10.6 Å². The molecule has 1 aliphatic rings. The molecule has 1 fully saturated rings. The Kier molecular flexibility index (Phi) is 3.40. The van der Waals surface area contributed by atoms with Gasteiger partial charge in [0.1, 0.15) is 0 Å². The topological polar surface area (TPSA) is 71.3 Å². The molecule has 1 amide bonds. The molecular weight excluding hydrogens is 254 g/mol. The third-order valence-corrected chi connectivity index (χ3v) is 3.90. The maximum atomic E-state index is 12.3. The normalized spacial score (nSPS) is 23.9. The van der Waals surface area contributed by atoms with Crippen molar-refractivity contribution < 1.29 is 4.79 Å². The van der Waals surface area contributed by atoms with E-state index < -0.39 is 0 Å². The Morgan fingerprint density at radius 1 is 1.50 bits per heavy atom. The van der Waals surface area contributed by atoms with Gasteiger partial charge in [-0.05, 0) is 37.9 Å². The van der Waals surface area contributed by atoms with E-state index in [1.807, 2.05) is 35.7 Å². The highest BCUT2D eigenvalue weighted by Gasteiger charge is 2.30. The van der Waals surface area contributed by atoms with Gasteiger partial charge in [0.25, 0.3) is 0 Å². The first-order valence-electron chi connectivity index (χ1n) is 7.00. The zero-order valence-corrected chi connectivity index (χ0v) is 11.7. The maximum absolute atomic E-state index is 12.3. The smallest absolute Gasteiger partial charge is 0.237 e. The van der Waals surface area contributed by atoms with Gasteiger partial charge in [0, 0.05) is 6.20 Å². The summed E-state index contributed by atoms with van der Waals surface area (Å²) in [4.78, 5) is 12.3.